The van der Waals surface area contributed by atoms with Crippen LogP contribution in [0, 0.1) is 0 Å². The fourth-order valence-electron chi connectivity index (χ4n) is 5.21. The van der Waals surface area contributed by atoms with Crippen molar-refractivity contribution in [2.75, 3.05) is 31.6 Å². The largest absolute Gasteiger partial charge is 0.487 e. The minimum absolute atomic E-state index is 0.0164. The van der Waals surface area contributed by atoms with Crippen LogP contribution in [0.2, 0.25) is 0 Å². The molecule has 5 rings (SSSR count). The van der Waals surface area contributed by atoms with Gasteiger partial charge < -0.3 is 20.3 Å². The Labute approximate surface area is 189 Å². The molecule has 0 bridgehead atoms. The maximum absolute atomic E-state index is 6.50. The quantitative estimate of drug-likeness (QED) is 0.538. The van der Waals surface area contributed by atoms with Gasteiger partial charge >= 0.3 is 0 Å². The molecule has 31 heavy (non-hydrogen) atoms. The average Bonchev–Trinajstić information content (AvgIpc) is 3.55. The Morgan fingerprint density at radius 1 is 1.23 bits per heavy atom. The van der Waals surface area contributed by atoms with E-state index in [0.29, 0.717) is 0 Å². The number of rotatable bonds is 5. The lowest BCUT2D eigenvalue weighted by Crippen LogP contribution is -2.47. The molecule has 6 nitrogen and oxygen atoms in total. The predicted octanol–water partition coefficient (Wildman–Crippen LogP) is 4.29. The van der Waals surface area contributed by atoms with Gasteiger partial charge in [0.1, 0.15) is 11.4 Å². The highest BCUT2D eigenvalue weighted by Crippen LogP contribution is 2.46. The van der Waals surface area contributed by atoms with Crippen LogP contribution in [-0.2, 0) is 6.42 Å². The summed E-state index contributed by atoms with van der Waals surface area (Å²) in [7, 11) is 1.85. The van der Waals surface area contributed by atoms with Crippen molar-refractivity contribution >= 4 is 22.4 Å². The van der Waals surface area contributed by atoms with Crippen molar-refractivity contribution in [2.24, 2.45) is 4.99 Å². The lowest BCUT2D eigenvalue weighted by Gasteiger charge is -2.40. The van der Waals surface area contributed by atoms with Crippen LogP contribution in [0.5, 0.6) is 5.75 Å². The molecule has 2 aromatic rings. The first-order valence-electron chi connectivity index (χ1n) is 11.7. The van der Waals surface area contributed by atoms with Crippen LogP contribution in [-0.4, -0.2) is 43.2 Å². The predicted molar refractivity (Wildman–Crippen MR) is 127 cm³/mol. The number of anilines is 1. The zero-order chi connectivity index (χ0) is 21.1. The highest BCUT2D eigenvalue weighted by molar-refractivity contribution is 7.13. The molecule has 166 valence electrons. The molecule has 2 fully saturated rings. The van der Waals surface area contributed by atoms with E-state index in [1.54, 1.807) is 11.3 Å². The van der Waals surface area contributed by atoms with Crippen LogP contribution in [0.4, 0.5) is 5.13 Å². The molecular weight excluding hydrogens is 406 g/mol. The molecule has 0 radical (unpaired) electrons. The molecule has 1 aromatic heterocycles. The molecule has 1 atom stereocenters. The van der Waals surface area contributed by atoms with Crippen LogP contribution >= 0.6 is 11.3 Å². The van der Waals surface area contributed by atoms with Gasteiger partial charge in [0, 0.05) is 50.5 Å². The normalized spacial score (nSPS) is 22.4. The molecule has 1 saturated carbocycles. The summed E-state index contributed by atoms with van der Waals surface area (Å²) in [6.45, 7) is 3.12. The van der Waals surface area contributed by atoms with Crippen LogP contribution in [0.1, 0.15) is 62.2 Å². The number of aromatic nitrogens is 1. The third-order valence-corrected chi connectivity index (χ3v) is 7.79. The van der Waals surface area contributed by atoms with Crippen LogP contribution < -0.4 is 20.3 Å². The number of nitrogens with one attached hydrogen (secondary N) is 2. The molecule has 1 aliphatic carbocycles. The summed E-state index contributed by atoms with van der Waals surface area (Å²) in [5.41, 5.74) is 2.38. The molecule has 2 aliphatic heterocycles. The Morgan fingerprint density at radius 3 is 2.84 bits per heavy atom. The second-order valence-electron chi connectivity index (χ2n) is 9.00. The van der Waals surface area contributed by atoms with Gasteiger partial charge in [0.15, 0.2) is 11.1 Å². The smallest absolute Gasteiger partial charge is 0.191 e. The minimum atomic E-state index is -0.0164. The first kappa shape index (κ1) is 20.6. The van der Waals surface area contributed by atoms with Crippen molar-refractivity contribution in [1.82, 2.24) is 15.6 Å². The molecule has 1 unspecified atom stereocenters. The summed E-state index contributed by atoms with van der Waals surface area (Å²) < 4.78 is 6.50. The van der Waals surface area contributed by atoms with E-state index in [4.69, 9.17) is 9.72 Å². The monoisotopic (exact) mass is 439 g/mol. The maximum atomic E-state index is 6.50. The summed E-state index contributed by atoms with van der Waals surface area (Å²) in [6.07, 6.45) is 9.28. The first-order chi connectivity index (χ1) is 15.2. The Balaban J connectivity index is 1.20. The summed E-state index contributed by atoms with van der Waals surface area (Å²) in [5.74, 6) is 1.88. The second-order valence-corrected chi connectivity index (χ2v) is 9.83. The van der Waals surface area contributed by atoms with Crippen molar-refractivity contribution in [2.45, 2.75) is 63.0 Å². The number of aliphatic imine (C=N–C) groups is 1. The molecule has 0 amide bonds. The van der Waals surface area contributed by atoms with Gasteiger partial charge in [-0.15, -0.1) is 11.3 Å². The number of hydrogen-bond acceptors (Lipinski definition) is 5. The highest BCUT2D eigenvalue weighted by Gasteiger charge is 2.43. The fraction of sp³-hybridized carbons (Fsp3) is 0.583. The summed E-state index contributed by atoms with van der Waals surface area (Å²) >= 11 is 1.77. The number of guanidine groups is 1. The lowest BCUT2D eigenvalue weighted by molar-refractivity contribution is 0.0396. The van der Waals surface area contributed by atoms with E-state index in [2.05, 4.69) is 50.2 Å². The topological polar surface area (TPSA) is 61.8 Å². The van der Waals surface area contributed by atoms with Gasteiger partial charge in [0.2, 0.25) is 0 Å². The van der Waals surface area contributed by atoms with Gasteiger partial charge in [-0.25, -0.2) is 4.98 Å². The zero-order valence-electron chi connectivity index (χ0n) is 18.4. The average molecular weight is 440 g/mol. The van der Waals surface area contributed by atoms with E-state index in [1.165, 1.54) is 36.4 Å². The fourth-order valence-corrected chi connectivity index (χ4v) is 6.12. The van der Waals surface area contributed by atoms with E-state index < -0.39 is 0 Å². The molecule has 1 aromatic carbocycles. The minimum Gasteiger partial charge on any atom is -0.487 e. The van der Waals surface area contributed by atoms with Gasteiger partial charge in [-0.1, -0.05) is 18.2 Å². The van der Waals surface area contributed by atoms with E-state index in [1.807, 2.05) is 7.05 Å². The Kier molecular flexibility index (Phi) is 6.03. The third-order valence-electron chi connectivity index (χ3n) is 6.84. The summed E-state index contributed by atoms with van der Waals surface area (Å²) in [6, 6.07) is 8.67. The van der Waals surface area contributed by atoms with Crippen molar-refractivity contribution < 1.29 is 4.74 Å². The number of para-hydroxylation sites is 1. The van der Waals surface area contributed by atoms with Crippen molar-refractivity contribution in [3.05, 3.63) is 40.9 Å². The number of nitrogens with zero attached hydrogens (tertiary/aromatic N) is 3. The van der Waals surface area contributed by atoms with Gasteiger partial charge in [-0.3, -0.25) is 4.99 Å². The van der Waals surface area contributed by atoms with E-state index in [9.17, 15) is 0 Å². The van der Waals surface area contributed by atoms with Crippen molar-refractivity contribution in [1.29, 1.82) is 0 Å². The number of thiazole rings is 1. The standard InChI is InChI=1S/C24H33N5OS/c1-25-22(26-13-10-18-17-31-23(27-18)29-14-6-7-15-29)28-20-16-24(11-4-5-12-24)30-21-9-3-2-8-19(20)21/h2-3,8-9,17,20H,4-7,10-16H2,1H3,(H2,25,26,28). The molecule has 7 heteroatoms. The van der Waals surface area contributed by atoms with Gasteiger partial charge in [0.25, 0.3) is 0 Å². The Hall–Kier alpha value is -2.28. The van der Waals surface area contributed by atoms with Crippen LogP contribution in [0.3, 0.4) is 0 Å². The molecule has 3 heterocycles. The maximum Gasteiger partial charge on any atom is 0.191 e. The number of fused-ring (bicyclic) bond motifs is 1. The Morgan fingerprint density at radius 2 is 2.03 bits per heavy atom. The highest BCUT2D eigenvalue weighted by atomic mass is 32.1. The summed E-state index contributed by atoms with van der Waals surface area (Å²) in [4.78, 5) is 11.7. The molecule has 3 aliphatic rings. The molecule has 1 saturated heterocycles. The van der Waals surface area contributed by atoms with E-state index in [0.717, 1.165) is 62.7 Å². The van der Waals surface area contributed by atoms with E-state index in [-0.39, 0.29) is 11.6 Å². The molecule has 1 spiro atoms. The SMILES string of the molecule is CN=C(NCCc1csc(N2CCCC2)n1)NC1CC2(CCCC2)Oc2ccccc21. The van der Waals surface area contributed by atoms with Crippen LogP contribution in [0.25, 0.3) is 0 Å². The second kappa shape index (κ2) is 9.07. The number of ether oxygens (including phenoxy) is 1. The van der Waals surface area contributed by atoms with Gasteiger partial charge in [-0.2, -0.15) is 0 Å². The van der Waals surface area contributed by atoms with Crippen LogP contribution in [0.15, 0.2) is 34.6 Å². The van der Waals surface area contributed by atoms with E-state index >= 15 is 0 Å². The first-order valence-corrected chi connectivity index (χ1v) is 12.6. The number of hydrogen-bond donors (Lipinski definition) is 2. The van der Waals surface area contributed by atoms with Gasteiger partial charge in [-0.05, 0) is 44.6 Å². The van der Waals surface area contributed by atoms with Gasteiger partial charge in [0.05, 0.1) is 11.7 Å². The van der Waals surface area contributed by atoms with Crippen molar-refractivity contribution in [3.8, 4) is 5.75 Å². The third kappa shape index (κ3) is 4.52. The zero-order valence-corrected chi connectivity index (χ0v) is 19.2. The number of benzene rings is 1. The molecular formula is C24H33N5OS. The van der Waals surface area contributed by atoms with Crippen molar-refractivity contribution in [3.63, 3.8) is 0 Å². The lowest BCUT2D eigenvalue weighted by atomic mass is 9.86. The Bertz CT molecular complexity index is 914. The molecule has 2 N–H and O–H groups in total. The summed E-state index contributed by atoms with van der Waals surface area (Å²) in [5, 5.41) is 10.6.